The van der Waals surface area contributed by atoms with Gasteiger partial charge in [0.2, 0.25) is 0 Å². The van der Waals surface area contributed by atoms with E-state index in [2.05, 4.69) is 17.2 Å². The minimum Gasteiger partial charge on any atom is -0.492 e. The van der Waals surface area contributed by atoms with Crippen LogP contribution in [-0.2, 0) is 0 Å². The molecule has 108 valence electrons. The average Bonchev–Trinajstić information content (AvgIpc) is 2.96. The Kier molecular flexibility index (Phi) is 5.38. The fourth-order valence-corrected chi connectivity index (χ4v) is 2.46. The standard InChI is InChI=1S/C16H15NO3S/c1-2-20-14-8-4-3-7-13(14)17-16(19)15-10-9-12(21-15)6-5-11-18/h3-4,7-10,18H,2,11H2,1H3,(H,17,19). The van der Waals surface area contributed by atoms with E-state index in [1.54, 1.807) is 18.2 Å². The van der Waals surface area contributed by atoms with E-state index in [-0.39, 0.29) is 12.5 Å². The summed E-state index contributed by atoms with van der Waals surface area (Å²) in [6.45, 7) is 2.23. The van der Waals surface area contributed by atoms with Crippen LogP contribution in [0.25, 0.3) is 0 Å². The molecule has 2 N–H and O–H groups in total. The van der Waals surface area contributed by atoms with Gasteiger partial charge in [0.1, 0.15) is 12.4 Å². The minimum absolute atomic E-state index is 0.193. The van der Waals surface area contributed by atoms with Crippen molar-refractivity contribution in [2.24, 2.45) is 0 Å². The van der Waals surface area contributed by atoms with Crippen LogP contribution >= 0.6 is 11.3 Å². The lowest BCUT2D eigenvalue weighted by atomic mass is 10.3. The fourth-order valence-electron chi connectivity index (χ4n) is 1.69. The number of anilines is 1. The first-order valence-electron chi connectivity index (χ1n) is 6.47. The number of amides is 1. The molecule has 0 bridgehead atoms. The molecule has 1 heterocycles. The monoisotopic (exact) mass is 301 g/mol. The molecule has 0 radical (unpaired) electrons. The van der Waals surface area contributed by atoms with Gasteiger partial charge in [0.15, 0.2) is 0 Å². The summed E-state index contributed by atoms with van der Waals surface area (Å²) in [6.07, 6.45) is 0. The number of carbonyl (C=O) groups is 1. The van der Waals surface area contributed by atoms with Crippen molar-refractivity contribution in [1.82, 2.24) is 0 Å². The van der Waals surface area contributed by atoms with Crippen molar-refractivity contribution in [1.29, 1.82) is 0 Å². The molecule has 0 aliphatic rings. The number of nitrogens with one attached hydrogen (secondary N) is 1. The number of aliphatic hydroxyl groups excluding tert-OH is 1. The van der Waals surface area contributed by atoms with Crippen LogP contribution in [0.5, 0.6) is 5.75 Å². The second-order valence-electron chi connectivity index (χ2n) is 4.01. The van der Waals surface area contributed by atoms with Crippen LogP contribution in [0.1, 0.15) is 21.5 Å². The van der Waals surface area contributed by atoms with Crippen molar-refractivity contribution in [3.05, 3.63) is 46.2 Å². The lowest BCUT2D eigenvalue weighted by molar-refractivity contribution is 0.103. The third-order valence-electron chi connectivity index (χ3n) is 2.56. The molecule has 0 saturated heterocycles. The maximum absolute atomic E-state index is 12.2. The van der Waals surface area contributed by atoms with Crippen LogP contribution < -0.4 is 10.1 Å². The highest BCUT2D eigenvalue weighted by Crippen LogP contribution is 2.25. The number of aliphatic hydroxyl groups is 1. The van der Waals surface area contributed by atoms with Crippen LogP contribution in [0.15, 0.2) is 36.4 Å². The Morgan fingerprint density at radius 3 is 2.90 bits per heavy atom. The largest absolute Gasteiger partial charge is 0.492 e. The SMILES string of the molecule is CCOc1ccccc1NC(=O)c1ccc(C#CCO)s1. The molecule has 0 aliphatic carbocycles. The summed E-state index contributed by atoms with van der Waals surface area (Å²) in [5.74, 6) is 5.77. The third kappa shape index (κ3) is 4.09. The molecule has 0 saturated carbocycles. The Labute approximate surface area is 127 Å². The van der Waals surface area contributed by atoms with Gasteiger partial charge in [-0.3, -0.25) is 4.79 Å². The van der Waals surface area contributed by atoms with E-state index in [1.807, 2.05) is 25.1 Å². The Hall–Kier alpha value is -2.29. The summed E-state index contributed by atoms with van der Waals surface area (Å²) in [4.78, 5) is 13.5. The Morgan fingerprint density at radius 1 is 1.33 bits per heavy atom. The predicted octanol–water partition coefficient (Wildman–Crippen LogP) is 2.74. The van der Waals surface area contributed by atoms with Gasteiger partial charge < -0.3 is 15.2 Å². The molecule has 0 atom stereocenters. The van der Waals surface area contributed by atoms with Gasteiger partial charge in [-0.05, 0) is 31.2 Å². The van der Waals surface area contributed by atoms with Crippen LogP contribution in [0.2, 0.25) is 0 Å². The van der Waals surface area contributed by atoms with Crippen LogP contribution in [-0.4, -0.2) is 24.2 Å². The molecule has 0 aliphatic heterocycles. The fraction of sp³-hybridized carbons (Fsp3) is 0.188. The van der Waals surface area contributed by atoms with Gasteiger partial charge in [-0.2, -0.15) is 0 Å². The van der Waals surface area contributed by atoms with Gasteiger partial charge in [-0.15, -0.1) is 11.3 Å². The number of ether oxygens (including phenoxy) is 1. The summed E-state index contributed by atoms with van der Waals surface area (Å²) >= 11 is 1.28. The lowest BCUT2D eigenvalue weighted by Gasteiger charge is -2.10. The molecule has 5 heteroatoms. The number of para-hydroxylation sites is 2. The zero-order chi connectivity index (χ0) is 15.1. The highest BCUT2D eigenvalue weighted by Gasteiger charge is 2.11. The van der Waals surface area contributed by atoms with Crippen LogP contribution in [0.4, 0.5) is 5.69 Å². The predicted molar refractivity (Wildman–Crippen MR) is 83.8 cm³/mol. The normalized spacial score (nSPS) is 9.62. The molecular weight excluding hydrogens is 286 g/mol. The van der Waals surface area contributed by atoms with Crippen molar-refractivity contribution in [3.8, 4) is 17.6 Å². The van der Waals surface area contributed by atoms with E-state index >= 15 is 0 Å². The van der Waals surface area contributed by atoms with E-state index < -0.39 is 0 Å². The molecule has 21 heavy (non-hydrogen) atoms. The summed E-state index contributed by atoms with van der Waals surface area (Å²) < 4.78 is 5.47. The molecule has 0 spiro atoms. The smallest absolute Gasteiger partial charge is 0.265 e. The molecular formula is C16H15NO3S. The summed E-state index contributed by atoms with van der Waals surface area (Å²) in [5.41, 5.74) is 0.640. The molecule has 1 amide bonds. The maximum Gasteiger partial charge on any atom is 0.265 e. The topological polar surface area (TPSA) is 58.6 Å². The van der Waals surface area contributed by atoms with E-state index in [1.165, 1.54) is 11.3 Å². The van der Waals surface area contributed by atoms with Crippen molar-refractivity contribution in [2.45, 2.75) is 6.92 Å². The first kappa shape index (κ1) is 15.1. The number of hydrogen-bond donors (Lipinski definition) is 2. The highest BCUT2D eigenvalue weighted by molar-refractivity contribution is 7.14. The second-order valence-corrected chi connectivity index (χ2v) is 5.09. The maximum atomic E-state index is 12.2. The molecule has 1 aromatic heterocycles. The van der Waals surface area contributed by atoms with Gasteiger partial charge in [-0.1, -0.05) is 24.0 Å². The van der Waals surface area contributed by atoms with Crippen molar-refractivity contribution >= 4 is 22.9 Å². The Balaban J connectivity index is 2.13. The Bertz CT molecular complexity index is 682. The molecule has 2 aromatic rings. The van der Waals surface area contributed by atoms with E-state index in [9.17, 15) is 4.79 Å². The summed E-state index contributed by atoms with van der Waals surface area (Å²) in [7, 11) is 0. The molecule has 2 rings (SSSR count). The van der Waals surface area contributed by atoms with Gasteiger partial charge >= 0.3 is 0 Å². The minimum atomic E-state index is -0.204. The number of hydrogen-bond acceptors (Lipinski definition) is 4. The summed E-state index contributed by atoms with van der Waals surface area (Å²) in [6, 6.07) is 10.8. The van der Waals surface area contributed by atoms with E-state index in [4.69, 9.17) is 9.84 Å². The van der Waals surface area contributed by atoms with Crippen molar-refractivity contribution in [3.63, 3.8) is 0 Å². The van der Waals surface area contributed by atoms with Gasteiger partial charge in [0.05, 0.1) is 22.0 Å². The van der Waals surface area contributed by atoms with Gasteiger partial charge in [0.25, 0.3) is 5.91 Å². The van der Waals surface area contributed by atoms with Crippen molar-refractivity contribution < 1.29 is 14.6 Å². The number of benzene rings is 1. The van der Waals surface area contributed by atoms with E-state index in [0.29, 0.717) is 22.9 Å². The van der Waals surface area contributed by atoms with Crippen molar-refractivity contribution in [2.75, 3.05) is 18.5 Å². The second kappa shape index (κ2) is 7.48. The zero-order valence-corrected chi connectivity index (χ0v) is 12.4. The molecule has 0 fully saturated rings. The number of rotatable bonds is 4. The molecule has 0 unspecified atom stereocenters. The van der Waals surface area contributed by atoms with Crippen LogP contribution in [0.3, 0.4) is 0 Å². The Morgan fingerprint density at radius 2 is 2.14 bits per heavy atom. The molecule has 4 nitrogen and oxygen atoms in total. The first-order chi connectivity index (χ1) is 10.2. The molecule has 1 aromatic carbocycles. The van der Waals surface area contributed by atoms with Crippen LogP contribution in [0, 0.1) is 11.8 Å². The quantitative estimate of drug-likeness (QED) is 0.854. The highest BCUT2D eigenvalue weighted by atomic mass is 32.1. The van der Waals surface area contributed by atoms with Gasteiger partial charge in [0, 0.05) is 0 Å². The number of carbonyl (C=O) groups excluding carboxylic acids is 1. The third-order valence-corrected chi connectivity index (χ3v) is 3.55. The number of thiophene rings is 1. The zero-order valence-electron chi connectivity index (χ0n) is 11.6. The van der Waals surface area contributed by atoms with Gasteiger partial charge in [-0.25, -0.2) is 0 Å². The average molecular weight is 301 g/mol. The lowest BCUT2D eigenvalue weighted by Crippen LogP contribution is -2.11. The first-order valence-corrected chi connectivity index (χ1v) is 7.29. The summed E-state index contributed by atoms with van der Waals surface area (Å²) in [5, 5.41) is 11.5. The van der Waals surface area contributed by atoms with E-state index in [0.717, 1.165) is 4.88 Å².